The van der Waals surface area contributed by atoms with Gasteiger partial charge in [0.25, 0.3) is 0 Å². The van der Waals surface area contributed by atoms with Gasteiger partial charge in [-0.05, 0) is 67.4 Å². The van der Waals surface area contributed by atoms with Gasteiger partial charge in [-0.15, -0.1) is 11.3 Å². The van der Waals surface area contributed by atoms with Crippen LogP contribution >= 0.6 is 11.3 Å². The van der Waals surface area contributed by atoms with Gasteiger partial charge in [0.05, 0.1) is 16.1 Å². The summed E-state index contributed by atoms with van der Waals surface area (Å²) in [6, 6.07) is 19.7. The van der Waals surface area contributed by atoms with Crippen LogP contribution in [0.5, 0.6) is 5.75 Å². The number of nitrogens with zero attached hydrogens (tertiary/aromatic N) is 1. The molecule has 5 aromatic rings. The summed E-state index contributed by atoms with van der Waals surface area (Å²) in [7, 11) is 0. The van der Waals surface area contributed by atoms with Crippen LogP contribution in [0, 0.1) is 25.5 Å². The highest BCUT2D eigenvalue weighted by molar-refractivity contribution is 7.18. The molecule has 8 heteroatoms. The molecule has 0 fully saturated rings. The average molecular weight is 557 g/mol. The SMILES string of the molecule is C=CNc1cc(-c2ccc(OCc3ccccc3)cc2F)sc1C(N)=NCCc1c(C)[nH]c2c(F)ccc(C)c12. The Morgan fingerprint density at radius 2 is 1.88 bits per heavy atom. The number of anilines is 1. The van der Waals surface area contributed by atoms with Gasteiger partial charge in [-0.25, -0.2) is 8.78 Å². The highest BCUT2D eigenvalue weighted by Gasteiger charge is 2.17. The molecule has 0 amide bonds. The molecule has 0 unspecified atom stereocenters. The molecule has 0 radical (unpaired) electrons. The lowest BCUT2D eigenvalue weighted by molar-refractivity contribution is 0.304. The maximum absolute atomic E-state index is 15.2. The summed E-state index contributed by atoms with van der Waals surface area (Å²) >= 11 is 1.35. The second kappa shape index (κ2) is 11.8. The number of rotatable bonds is 10. The van der Waals surface area contributed by atoms with Crippen molar-refractivity contribution in [1.29, 1.82) is 0 Å². The summed E-state index contributed by atoms with van der Waals surface area (Å²) in [4.78, 5) is 9.17. The zero-order valence-electron chi connectivity index (χ0n) is 22.4. The summed E-state index contributed by atoms with van der Waals surface area (Å²) in [6.07, 6.45) is 2.14. The molecule has 0 saturated carbocycles. The third-order valence-electron chi connectivity index (χ3n) is 6.75. The number of H-pyrrole nitrogens is 1. The van der Waals surface area contributed by atoms with E-state index in [0.717, 1.165) is 27.8 Å². The zero-order valence-corrected chi connectivity index (χ0v) is 23.2. The minimum absolute atomic E-state index is 0.271. The van der Waals surface area contributed by atoms with Gasteiger partial charge in [0.1, 0.15) is 29.8 Å². The van der Waals surface area contributed by atoms with E-state index >= 15 is 4.39 Å². The third-order valence-corrected chi connectivity index (χ3v) is 7.94. The van der Waals surface area contributed by atoms with Crippen LogP contribution in [0.4, 0.5) is 14.5 Å². The molecule has 0 spiro atoms. The number of benzene rings is 3. The molecule has 2 heterocycles. The second-order valence-electron chi connectivity index (χ2n) is 9.48. The molecule has 3 aromatic carbocycles. The van der Waals surface area contributed by atoms with Crippen LogP contribution in [0.15, 0.2) is 84.5 Å². The Morgan fingerprint density at radius 3 is 2.62 bits per heavy atom. The zero-order chi connectivity index (χ0) is 28.2. The monoisotopic (exact) mass is 556 g/mol. The number of nitrogens with one attached hydrogen (secondary N) is 2. The van der Waals surface area contributed by atoms with Crippen molar-refractivity contribution in [2.45, 2.75) is 26.9 Å². The highest BCUT2D eigenvalue weighted by atomic mass is 32.1. The molecule has 0 aliphatic carbocycles. The van der Waals surface area contributed by atoms with Crippen molar-refractivity contribution in [3.63, 3.8) is 0 Å². The first kappa shape index (κ1) is 27.1. The van der Waals surface area contributed by atoms with E-state index in [1.807, 2.05) is 50.2 Å². The smallest absolute Gasteiger partial charge is 0.147 e. The first-order valence-corrected chi connectivity index (χ1v) is 13.7. The average Bonchev–Trinajstić information content (AvgIpc) is 3.52. The Morgan fingerprint density at radius 1 is 1.07 bits per heavy atom. The number of nitrogens with two attached hydrogens (primary N) is 1. The van der Waals surface area contributed by atoms with Crippen LogP contribution in [0.1, 0.15) is 27.3 Å². The second-order valence-corrected chi connectivity index (χ2v) is 10.5. The standard InChI is InChI=1S/C32H30F2N4OS/c1-4-36-27-17-28(24-12-11-22(16-26(24)34)39-18-21-8-6-5-7-9-21)40-31(27)32(35)37-15-14-23-20(3)38-30-25(33)13-10-19(2)29(23)30/h4-13,16-17,36,38H,1,14-15,18H2,2-3H3,(H2,35,37). The van der Waals surface area contributed by atoms with Crippen LogP contribution in [0.2, 0.25) is 0 Å². The molecule has 2 aromatic heterocycles. The van der Waals surface area contributed by atoms with Gasteiger partial charge in [0, 0.05) is 34.1 Å². The van der Waals surface area contributed by atoms with Gasteiger partial charge in [0.2, 0.25) is 0 Å². The van der Waals surface area contributed by atoms with Gasteiger partial charge in [-0.1, -0.05) is 43.0 Å². The summed E-state index contributed by atoms with van der Waals surface area (Å²) in [6.45, 7) is 8.43. The number of fused-ring (bicyclic) bond motifs is 1. The number of aromatic nitrogens is 1. The Kier molecular flexibility index (Phi) is 7.98. The van der Waals surface area contributed by atoms with Crippen LogP contribution in [0.3, 0.4) is 0 Å². The fourth-order valence-electron chi connectivity index (χ4n) is 4.77. The van der Waals surface area contributed by atoms with Gasteiger partial charge >= 0.3 is 0 Å². The van der Waals surface area contributed by atoms with E-state index in [1.54, 1.807) is 24.4 Å². The van der Waals surface area contributed by atoms with Crippen LogP contribution in [-0.2, 0) is 13.0 Å². The largest absolute Gasteiger partial charge is 0.489 e. The Hall–Kier alpha value is -4.43. The van der Waals surface area contributed by atoms with E-state index in [2.05, 4.69) is 21.9 Å². The van der Waals surface area contributed by atoms with E-state index in [1.165, 1.54) is 23.5 Å². The van der Waals surface area contributed by atoms with Crippen molar-refractivity contribution in [2.24, 2.45) is 10.7 Å². The molecule has 0 aliphatic heterocycles. The lowest BCUT2D eigenvalue weighted by Crippen LogP contribution is -2.14. The van der Waals surface area contributed by atoms with Crippen molar-refractivity contribution in [1.82, 2.24) is 4.98 Å². The van der Waals surface area contributed by atoms with Crippen LogP contribution < -0.4 is 15.8 Å². The molecule has 40 heavy (non-hydrogen) atoms. The molecule has 0 atom stereocenters. The summed E-state index contributed by atoms with van der Waals surface area (Å²) < 4.78 is 35.3. The number of aryl methyl sites for hydroxylation is 2. The first-order valence-electron chi connectivity index (χ1n) is 12.9. The Bertz CT molecular complexity index is 1710. The van der Waals surface area contributed by atoms with Crippen molar-refractivity contribution in [3.8, 4) is 16.2 Å². The predicted molar refractivity (Wildman–Crippen MR) is 161 cm³/mol. The molecular formula is C32H30F2N4OS. The van der Waals surface area contributed by atoms with Crippen molar-refractivity contribution < 1.29 is 13.5 Å². The number of aliphatic imine (C=N–C) groups is 1. The number of amidine groups is 1. The Labute approximate surface area is 236 Å². The molecule has 5 nitrogen and oxygen atoms in total. The number of thiophene rings is 1. The van der Waals surface area contributed by atoms with Gasteiger partial charge in [-0.2, -0.15) is 0 Å². The molecule has 0 saturated heterocycles. The minimum atomic E-state index is -0.392. The number of hydrogen-bond donors (Lipinski definition) is 3. The number of ether oxygens (including phenoxy) is 1. The molecule has 4 N–H and O–H groups in total. The number of aromatic amines is 1. The molecule has 204 valence electrons. The van der Waals surface area contributed by atoms with Gasteiger partial charge in [-0.3, -0.25) is 4.99 Å². The van der Waals surface area contributed by atoms with E-state index in [4.69, 9.17) is 10.5 Å². The van der Waals surface area contributed by atoms with Crippen LogP contribution in [0.25, 0.3) is 21.3 Å². The number of halogens is 2. The maximum atomic E-state index is 15.2. The molecular weight excluding hydrogens is 526 g/mol. The van der Waals surface area contributed by atoms with Crippen molar-refractivity contribution in [3.05, 3.63) is 118 Å². The quantitative estimate of drug-likeness (QED) is 0.121. The lowest BCUT2D eigenvalue weighted by Gasteiger charge is -2.08. The van der Waals surface area contributed by atoms with E-state index in [9.17, 15) is 4.39 Å². The van der Waals surface area contributed by atoms with E-state index < -0.39 is 5.82 Å². The van der Waals surface area contributed by atoms with Gasteiger partial charge in [0.15, 0.2) is 0 Å². The van der Waals surface area contributed by atoms with E-state index in [0.29, 0.717) is 57.7 Å². The van der Waals surface area contributed by atoms with Crippen molar-refractivity contribution >= 4 is 33.8 Å². The predicted octanol–water partition coefficient (Wildman–Crippen LogP) is 7.87. The topological polar surface area (TPSA) is 75.4 Å². The molecule has 0 bridgehead atoms. The summed E-state index contributed by atoms with van der Waals surface area (Å²) in [5.41, 5.74) is 12.0. The summed E-state index contributed by atoms with van der Waals surface area (Å²) in [5.74, 6) is 0.128. The van der Waals surface area contributed by atoms with Crippen molar-refractivity contribution in [2.75, 3.05) is 11.9 Å². The Balaban J connectivity index is 1.35. The minimum Gasteiger partial charge on any atom is -0.489 e. The third kappa shape index (κ3) is 5.62. The molecule has 0 aliphatic rings. The van der Waals surface area contributed by atoms with E-state index in [-0.39, 0.29) is 5.82 Å². The van der Waals surface area contributed by atoms with Gasteiger partial charge < -0.3 is 20.8 Å². The fourth-order valence-corrected chi connectivity index (χ4v) is 5.84. The summed E-state index contributed by atoms with van der Waals surface area (Å²) in [5, 5.41) is 3.98. The first-order chi connectivity index (χ1) is 19.4. The lowest BCUT2D eigenvalue weighted by atomic mass is 10.0. The fraction of sp³-hybridized carbons (Fsp3) is 0.156. The highest BCUT2D eigenvalue weighted by Crippen LogP contribution is 2.37. The van der Waals surface area contributed by atoms with Crippen LogP contribution in [-0.4, -0.2) is 17.4 Å². The number of hydrogen-bond acceptors (Lipinski definition) is 4. The molecule has 5 rings (SSSR count). The normalized spacial score (nSPS) is 11.7. The maximum Gasteiger partial charge on any atom is 0.147 e.